The molecule has 3 nitrogen and oxygen atoms in total. The molecule has 4 heteroatoms. The molecule has 0 bridgehead atoms. The molecule has 1 aliphatic rings. The van der Waals surface area contributed by atoms with Crippen LogP contribution in [0.3, 0.4) is 0 Å². The van der Waals surface area contributed by atoms with Gasteiger partial charge in [-0.3, -0.25) is 4.68 Å². The Morgan fingerprint density at radius 3 is 2.95 bits per heavy atom. The van der Waals surface area contributed by atoms with Crippen molar-refractivity contribution < 1.29 is 0 Å². The van der Waals surface area contributed by atoms with Crippen molar-refractivity contribution in [2.24, 2.45) is 7.05 Å². The highest BCUT2D eigenvalue weighted by Crippen LogP contribution is 2.42. The van der Waals surface area contributed by atoms with E-state index in [4.69, 9.17) is 0 Å². The molecule has 19 heavy (non-hydrogen) atoms. The average molecular weight is 273 g/mol. The predicted octanol–water partition coefficient (Wildman–Crippen LogP) is 2.79. The monoisotopic (exact) mass is 273 g/mol. The molecule has 1 aromatic heterocycles. The van der Waals surface area contributed by atoms with Gasteiger partial charge in [-0.05, 0) is 30.7 Å². The van der Waals surface area contributed by atoms with Crippen LogP contribution in [0.25, 0.3) is 0 Å². The van der Waals surface area contributed by atoms with Gasteiger partial charge in [0.1, 0.15) is 0 Å². The summed E-state index contributed by atoms with van der Waals surface area (Å²) in [4.78, 5) is 1.42. The fraction of sp³-hybridized carbons (Fsp3) is 0.400. The first kappa shape index (κ1) is 12.8. The van der Waals surface area contributed by atoms with Crippen LogP contribution in [0.4, 0.5) is 0 Å². The summed E-state index contributed by atoms with van der Waals surface area (Å²) in [5.41, 5.74) is 2.62. The van der Waals surface area contributed by atoms with Gasteiger partial charge in [0.05, 0.1) is 11.7 Å². The Balaban J connectivity index is 1.83. The first-order valence-corrected chi connectivity index (χ1v) is 7.63. The molecule has 0 fully saturated rings. The molecule has 0 radical (unpaired) electrons. The topological polar surface area (TPSA) is 29.9 Å². The van der Waals surface area contributed by atoms with Crippen molar-refractivity contribution in [3.05, 3.63) is 47.8 Å². The maximum atomic E-state index is 4.58. The van der Waals surface area contributed by atoms with E-state index in [0.29, 0.717) is 11.3 Å². The summed E-state index contributed by atoms with van der Waals surface area (Å²) in [5, 5.41) is 8.70. The first-order valence-electron chi connectivity index (χ1n) is 6.75. The molecule has 3 rings (SSSR count). The van der Waals surface area contributed by atoms with Crippen LogP contribution in [-0.2, 0) is 13.5 Å². The van der Waals surface area contributed by atoms with E-state index in [1.807, 2.05) is 29.7 Å². The highest BCUT2D eigenvalue weighted by atomic mass is 32.2. The molecule has 2 atom stereocenters. The van der Waals surface area contributed by atoms with Crippen LogP contribution in [0.15, 0.2) is 41.4 Å². The van der Waals surface area contributed by atoms with Crippen LogP contribution in [0.5, 0.6) is 0 Å². The Morgan fingerprint density at radius 2 is 2.26 bits per heavy atom. The van der Waals surface area contributed by atoms with Crippen molar-refractivity contribution in [3.63, 3.8) is 0 Å². The van der Waals surface area contributed by atoms with Crippen LogP contribution in [-0.4, -0.2) is 21.6 Å². The highest BCUT2D eigenvalue weighted by molar-refractivity contribution is 8.00. The second-order valence-electron chi connectivity index (χ2n) is 4.92. The highest BCUT2D eigenvalue weighted by Gasteiger charge is 2.31. The number of nitrogens with one attached hydrogen (secondary N) is 1. The Kier molecular flexibility index (Phi) is 3.62. The lowest BCUT2D eigenvalue weighted by Crippen LogP contribution is -2.30. The summed E-state index contributed by atoms with van der Waals surface area (Å²) < 4.78 is 1.88. The van der Waals surface area contributed by atoms with E-state index in [1.165, 1.54) is 10.5 Å². The molecule has 0 amide bonds. The fourth-order valence-electron chi connectivity index (χ4n) is 2.64. The molecule has 100 valence electrons. The lowest BCUT2D eigenvalue weighted by Gasteiger charge is -2.21. The van der Waals surface area contributed by atoms with E-state index < -0.39 is 0 Å². The van der Waals surface area contributed by atoms with Crippen LogP contribution in [0.1, 0.15) is 24.2 Å². The minimum atomic E-state index is 0.323. The second-order valence-corrected chi connectivity index (χ2v) is 6.20. The zero-order valence-corrected chi connectivity index (χ0v) is 12.2. The van der Waals surface area contributed by atoms with Gasteiger partial charge in [0.25, 0.3) is 0 Å². The van der Waals surface area contributed by atoms with Gasteiger partial charge >= 0.3 is 0 Å². The normalized spacial score (nSPS) is 19.4. The molecule has 1 aliphatic heterocycles. The van der Waals surface area contributed by atoms with Gasteiger partial charge < -0.3 is 5.32 Å². The third-order valence-corrected chi connectivity index (χ3v) is 4.91. The summed E-state index contributed by atoms with van der Waals surface area (Å²) in [6, 6.07) is 11.2. The number of hydrogen-bond donors (Lipinski definition) is 1. The van der Waals surface area contributed by atoms with Crippen molar-refractivity contribution in [1.82, 2.24) is 15.1 Å². The minimum absolute atomic E-state index is 0.323. The van der Waals surface area contributed by atoms with Crippen molar-refractivity contribution in [2.75, 3.05) is 6.54 Å². The van der Waals surface area contributed by atoms with E-state index >= 15 is 0 Å². The SMILES string of the molecule is CCNC(c1ccn(C)n1)C1Cc2ccccc2S1. The number of rotatable bonds is 4. The van der Waals surface area contributed by atoms with Gasteiger partial charge in [-0.1, -0.05) is 25.1 Å². The van der Waals surface area contributed by atoms with Gasteiger partial charge in [0, 0.05) is 23.4 Å². The third-order valence-electron chi connectivity index (χ3n) is 3.52. The van der Waals surface area contributed by atoms with Crippen LogP contribution in [0, 0.1) is 0 Å². The Morgan fingerprint density at radius 1 is 1.42 bits per heavy atom. The van der Waals surface area contributed by atoms with Gasteiger partial charge in [-0.15, -0.1) is 11.8 Å². The Bertz CT molecular complexity index is 539. The third kappa shape index (κ3) is 2.55. The van der Waals surface area contributed by atoms with Crippen LogP contribution < -0.4 is 5.32 Å². The van der Waals surface area contributed by atoms with Crippen molar-refractivity contribution >= 4 is 11.8 Å². The lowest BCUT2D eigenvalue weighted by molar-refractivity contribution is 0.512. The van der Waals surface area contributed by atoms with Gasteiger partial charge in [0.2, 0.25) is 0 Å². The zero-order chi connectivity index (χ0) is 13.2. The van der Waals surface area contributed by atoms with Gasteiger partial charge in [0.15, 0.2) is 0 Å². The molecule has 1 N–H and O–H groups in total. The molecular weight excluding hydrogens is 254 g/mol. The number of hydrogen-bond acceptors (Lipinski definition) is 3. The summed E-state index contributed by atoms with van der Waals surface area (Å²) >= 11 is 1.98. The molecule has 2 heterocycles. The van der Waals surface area contributed by atoms with E-state index in [1.54, 1.807) is 0 Å². The standard InChI is InChI=1S/C15H19N3S/c1-3-16-15(12-8-9-18(2)17-12)14-10-11-6-4-5-7-13(11)19-14/h4-9,14-16H,3,10H2,1-2H3. The number of thioether (sulfide) groups is 1. The molecule has 1 aromatic carbocycles. The smallest absolute Gasteiger partial charge is 0.0805 e. The minimum Gasteiger partial charge on any atom is -0.308 e. The van der Waals surface area contributed by atoms with Gasteiger partial charge in [-0.2, -0.15) is 5.10 Å². The van der Waals surface area contributed by atoms with Crippen LogP contribution >= 0.6 is 11.8 Å². The van der Waals surface area contributed by atoms with Gasteiger partial charge in [-0.25, -0.2) is 0 Å². The molecule has 2 unspecified atom stereocenters. The summed E-state index contributed by atoms with van der Waals surface area (Å²) in [6.07, 6.45) is 3.14. The summed E-state index contributed by atoms with van der Waals surface area (Å²) in [5.74, 6) is 0. The lowest BCUT2D eigenvalue weighted by atomic mass is 10.0. The molecule has 2 aromatic rings. The van der Waals surface area contributed by atoms with E-state index in [-0.39, 0.29) is 0 Å². The molecule has 0 saturated carbocycles. The summed E-state index contributed by atoms with van der Waals surface area (Å²) in [6.45, 7) is 3.12. The zero-order valence-electron chi connectivity index (χ0n) is 11.3. The summed E-state index contributed by atoms with van der Waals surface area (Å²) in [7, 11) is 1.98. The Labute approximate surface area is 118 Å². The first-order chi connectivity index (χ1) is 9.28. The maximum absolute atomic E-state index is 4.58. The number of fused-ring (bicyclic) bond motifs is 1. The molecular formula is C15H19N3S. The number of nitrogens with zero attached hydrogens (tertiary/aromatic N) is 2. The van der Waals surface area contributed by atoms with Crippen LogP contribution in [0.2, 0.25) is 0 Å². The second kappa shape index (κ2) is 5.39. The van der Waals surface area contributed by atoms with Crippen molar-refractivity contribution in [1.29, 1.82) is 0 Å². The Hall–Kier alpha value is -1.26. The largest absolute Gasteiger partial charge is 0.308 e. The number of aryl methyl sites for hydroxylation is 1. The van der Waals surface area contributed by atoms with E-state index in [2.05, 4.69) is 47.7 Å². The molecule has 0 saturated heterocycles. The number of benzene rings is 1. The van der Waals surface area contributed by atoms with Crippen molar-refractivity contribution in [3.8, 4) is 0 Å². The van der Waals surface area contributed by atoms with Crippen molar-refractivity contribution in [2.45, 2.75) is 29.5 Å². The maximum Gasteiger partial charge on any atom is 0.0805 e. The predicted molar refractivity (Wildman–Crippen MR) is 79.4 cm³/mol. The van der Waals surface area contributed by atoms with E-state index in [9.17, 15) is 0 Å². The number of aromatic nitrogens is 2. The van der Waals surface area contributed by atoms with E-state index in [0.717, 1.165) is 18.7 Å². The average Bonchev–Trinajstić information content (AvgIpc) is 3.01. The molecule has 0 aliphatic carbocycles. The quantitative estimate of drug-likeness (QED) is 0.929. The fourth-order valence-corrected chi connectivity index (χ4v) is 4.06. The molecule has 0 spiro atoms.